The first-order chi connectivity index (χ1) is 8.56. The molecule has 94 valence electrons. The maximum Gasteiger partial charge on any atom is 0.254 e. The molecule has 1 heterocycles. The summed E-state index contributed by atoms with van der Waals surface area (Å²) in [5, 5.41) is 6.69. The highest BCUT2D eigenvalue weighted by Crippen LogP contribution is 2.11. The highest BCUT2D eigenvalue weighted by atomic mass is 19.1. The fraction of sp³-hybridized carbons (Fsp3) is 0.167. The minimum absolute atomic E-state index is 0.0640. The van der Waals surface area contributed by atoms with Crippen molar-refractivity contribution in [2.75, 3.05) is 5.73 Å². The Morgan fingerprint density at radius 2 is 2.28 bits per heavy atom. The highest BCUT2D eigenvalue weighted by Gasteiger charge is 2.12. The fourth-order valence-corrected chi connectivity index (χ4v) is 1.54. The Balaban J connectivity index is 2.05. The number of nitrogens with zero attached hydrogens (tertiary/aromatic N) is 2. The number of anilines is 1. The zero-order chi connectivity index (χ0) is 13.1. The van der Waals surface area contributed by atoms with E-state index in [0.717, 1.165) is 0 Å². The molecule has 0 aliphatic heterocycles. The van der Waals surface area contributed by atoms with Gasteiger partial charge in [0.1, 0.15) is 5.82 Å². The largest absolute Gasteiger partial charge is 0.399 e. The number of carbonyl (C=O) groups is 1. The quantitative estimate of drug-likeness (QED) is 0.798. The maximum absolute atomic E-state index is 13.4. The lowest BCUT2D eigenvalue weighted by Crippen LogP contribution is -2.24. The molecule has 2 rings (SSSR count). The Bertz CT molecular complexity index is 579. The minimum Gasteiger partial charge on any atom is -0.399 e. The Kier molecular flexibility index (Phi) is 3.27. The molecule has 1 aromatic carbocycles. The standard InChI is InChI=1S/C12H13FN4O/c1-17-5-4-9(16-17)7-15-12(18)10-6-8(14)2-3-11(10)13/h2-6H,7,14H2,1H3,(H,15,18). The van der Waals surface area contributed by atoms with Crippen LogP contribution in [0.15, 0.2) is 30.5 Å². The van der Waals surface area contributed by atoms with Gasteiger partial charge in [0.05, 0.1) is 17.8 Å². The molecule has 0 bridgehead atoms. The van der Waals surface area contributed by atoms with Crippen molar-refractivity contribution in [2.45, 2.75) is 6.54 Å². The first-order valence-corrected chi connectivity index (χ1v) is 5.38. The molecule has 0 saturated carbocycles. The van der Waals surface area contributed by atoms with Gasteiger partial charge in [0.25, 0.3) is 5.91 Å². The summed E-state index contributed by atoms with van der Waals surface area (Å²) in [6.07, 6.45) is 1.77. The molecule has 0 fully saturated rings. The van der Waals surface area contributed by atoms with Crippen molar-refractivity contribution in [3.63, 3.8) is 0 Å². The van der Waals surface area contributed by atoms with Crippen LogP contribution in [0.2, 0.25) is 0 Å². The van der Waals surface area contributed by atoms with Crippen molar-refractivity contribution >= 4 is 11.6 Å². The van der Waals surface area contributed by atoms with E-state index in [4.69, 9.17) is 5.73 Å². The smallest absolute Gasteiger partial charge is 0.254 e. The van der Waals surface area contributed by atoms with Gasteiger partial charge < -0.3 is 11.1 Å². The van der Waals surface area contributed by atoms with Crippen molar-refractivity contribution < 1.29 is 9.18 Å². The Hall–Kier alpha value is -2.37. The number of nitrogen functional groups attached to an aromatic ring is 1. The number of nitrogens with one attached hydrogen (secondary N) is 1. The summed E-state index contributed by atoms with van der Waals surface area (Å²) in [5.74, 6) is -1.10. The van der Waals surface area contributed by atoms with Crippen LogP contribution in [0.3, 0.4) is 0 Å². The third-order valence-corrected chi connectivity index (χ3v) is 2.43. The lowest BCUT2D eigenvalue weighted by molar-refractivity contribution is 0.0946. The third-order valence-electron chi connectivity index (χ3n) is 2.43. The van der Waals surface area contributed by atoms with Gasteiger partial charge in [-0.05, 0) is 24.3 Å². The molecule has 0 unspecified atom stereocenters. The van der Waals surface area contributed by atoms with Gasteiger partial charge in [-0.25, -0.2) is 4.39 Å². The lowest BCUT2D eigenvalue weighted by Gasteiger charge is -2.05. The van der Waals surface area contributed by atoms with Crippen LogP contribution in [-0.2, 0) is 13.6 Å². The Labute approximate surface area is 103 Å². The van der Waals surface area contributed by atoms with Crippen LogP contribution in [0, 0.1) is 5.82 Å². The second-order valence-electron chi connectivity index (χ2n) is 3.90. The molecule has 1 amide bonds. The van der Waals surface area contributed by atoms with E-state index in [1.54, 1.807) is 24.0 Å². The van der Waals surface area contributed by atoms with Gasteiger partial charge in [0.15, 0.2) is 0 Å². The Morgan fingerprint density at radius 3 is 2.94 bits per heavy atom. The maximum atomic E-state index is 13.4. The summed E-state index contributed by atoms with van der Waals surface area (Å²) < 4.78 is 15.0. The average molecular weight is 248 g/mol. The molecule has 2 aromatic rings. The number of hydrogen-bond donors (Lipinski definition) is 2. The van der Waals surface area contributed by atoms with Gasteiger partial charge in [0.2, 0.25) is 0 Å². The van der Waals surface area contributed by atoms with Crippen molar-refractivity contribution in [3.8, 4) is 0 Å². The van der Waals surface area contributed by atoms with Crippen LogP contribution < -0.4 is 11.1 Å². The number of amides is 1. The molecular formula is C12H13FN4O. The molecule has 6 heteroatoms. The highest BCUT2D eigenvalue weighted by molar-refractivity contribution is 5.95. The molecular weight excluding hydrogens is 235 g/mol. The third kappa shape index (κ3) is 2.65. The van der Waals surface area contributed by atoms with Crippen LogP contribution in [-0.4, -0.2) is 15.7 Å². The molecule has 0 atom stereocenters. The van der Waals surface area contributed by atoms with Gasteiger partial charge >= 0.3 is 0 Å². The van der Waals surface area contributed by atoms with Crippen LogP contribution in [0.25, 0.3) is 0 Å². The summed E-state index contributed by atoms with van der Waals surface area (Å²) in [7, 11) is 1.78. The van der Waals surface area contributed by atoms with Gasteiger partial charge in [-0.3, -0.25) is 9.48 Å². The lowest BCUT2D eigenvalue weighted by atomic mass is 10.1. The van der Waals surface area contributed by atoms with Crippen LogP contribution in [0.1, 0.15) is 16.1 Å². The van der Waals surface area contributed by atoms with Crippen molar-refractivity contribution in [3.05, 3.63) is 47.5 Å². The first kappa shape index (κ1) is 12.1. The van der Waals surface area contributed by atoms with Crippen molar-refractivity contribution in [2.24, 2.45) is 7.05 Å². The molecule has 0 aliphatic rings. The fourth-order valence-electron chi connectivity index (χ4n) is 1.54. The zero-order valence-electron chi connectivity index (χ0n) is 9.85. The van der Waals surface area contributed by atoms with Crippen LogP contribution in [0.4, 0.5) is 10.1 Å². The first-order valence-electron chi connectivity index (χ1n) is 5.38. The predicted octanol–water partition coefficient (Wildman–Crippen LogP) is 1.07. The van der Waals surface area contributed by atoms with E-state index in [2.05, 4.69) is 10.4 Å². The molecule has 18 heavy (non-hydrogen) atoms. The molecule has 0 saturated heterocycles. The van der Waals surface area contributed by atoms with Gasteiger partial charge in [-0.1, -0.05) is 0 Å². The number of hydrogen-bond acceptors (Lipinski definition) is 3. The molecule has 3 N–H and O–H groups in total. The van der Waals surface area contributed by atoms with E-state index in [-0.39, 0.29) is 12.1 Å². The van der Waals surface area contributed by atoms with Crippen molar-refractivity contribution in [1.82, 2.24) is 15.1 Å². The summed E-state index contributed by atoms with van der Waals surface area (Å²) >= 11 is 0. The minimum atomic E-state index is -0.595. The Morgan fingerprint density at radius 1 is 1.50 bits per heavy atom. The number of halogens is 1. The van der Waals surface area contributed by atoms with E-state index in [1.807, 2.05) is 0 Å². The van der Waals surface area contributed by atoms with Gasteiger partial charge in [0, 0.05) is 18.9 Å². The van der Waals surface area contributed by atoms with Gasteiger partial charge in [-0.2, -0.15) is 5.10 Å². The summed E-state index contributed by atoms with van der Waals surface area (Å²) in [4.78, 5) is 11.8. The number of aromatic nitrogens is 2. The van der Waals surface area contributed by atoms with E-state index in [1.165, 1.54) is 18.2 Å². The molecule has 0 spiro atoms. The number of aryl methyl sites for hydroxylation is 1. The average Bonchev–Trinajstić information content (AvgIpc) is 2.75. The van der Waals surface area contributed by atoms with Crippen molar-refractivity contribution in [1.29, 1.82) is 0 Å². The van der Waals surface area contributed by atoms with Gasteiger partial charge in [-0.15, -0.1) is 0 Å². The number of carbonyl (C=O) groups excluding carboxylic acids is 1. The summed E-state index contributed by atoms with van der Waals surface area (Å²) in [5.41, 5.74) is 6.50. The van der Waals surface area contributed by atoms with Crippen LogP contribution in [0.5, 0.6) is 0 Å². The molecule has 0 aliphatic carbocycles. The number of benzene rings is 1. The monoisotopic (exact) mass is 248 g/mol. The second-order valence-corrected chi connectivity index (χ2v) is 3.90. The zero-order valence-corrected chi connectivity index (χ0v) is 9.85. The summed E-state index contributed by atoms with van der Waals surface area (Å²) in [6, 6.07) is 5.66. The normalized spacial score (nSPS) is 10.3. The molecule has 0 radical (unpaired) electrons. The molecule has 1 aromatic heterocycles. The predicted molar refractivity (Wildman–Crippen MR) is 65.2 cm³/mol. The number of rotatable bonds is 3. The SMILES string of the molecule is Cn1ccc(CNC(=O)c2cc(N)ccc2F)n1. The van der Waals surface area contributed by atoms with E-state index in [0.29, 0.717) is 11.4 Å². The van der Waals surface area contributed by atoms with E-state index in [9.17, 15) is 9.18 Å². The van der Waals surface area contributed by atoms with E-state index >= 15 is 0 Å². The topological polar surface area (TPSA) is 72.9 Å². The van der Waals surface area contributed by atoms with E-state index < -0.39 is 11.7 Å². The van der Waals surface area contributed by atoms with Crippen LogP contribution >= 0.6 is 0 Å². The second kappa shape index (κ2) is 4.87. The number of nitrogens with two attached hydrogens (primary N) is 1. The summed E-state index contributed by atoms with van der Waals surface area (Å²) in [6.45, 7) is 0.244. The molecule has 5 nitrogen and oxygen atoms in total.